The molecule has 2 aliphatic heterocycles. The monoisotopic (exact) mass is 522 g/mol. The second kappa shape index (κ2) is 11.0. The van der Waals surface area contributed by atoms with Gasteiger partial charge in [0.2, 0.25) is 12.7 Å². The first-order chi connectivity index (χ1) is 16.9. The Morgan fingerprint density at radius 2 is 1.83 bits per heavy atom. The summed E-state index contributed by atoms with van der Waals surface area (Å²) in [6.45, 7) is 5.80. The third-order valence-electron chi connectivity index (χ3n) is 5.38. The number of ether oxygens (including phenoxy) is 4. The average Bonchev–Trinajstić information content (AvgIpc) is 2.81. The first-order valence-corrected chi connectivity index (χ1v) is 12.0. The Balaban J connectivity index is 1.49. The number of nitrogens with zero attached hydrogens (tertiary/aromatic N) is 2. The predicted molar refractivity (Wildman–Crippen MR) is 125 cm³/mol. The number of nitro groups is 1. The fourth-order valence-corrected chi connectivity index (χ4v) is 4.76. The quantitative estimate of drug-likeness (QED) is 0.163. The topological polar surface area (TPSA) is 152 Å². The van der Waals surface area contributed by atoms with Crippen molar-refractivity contribution in [3.63, 3.8) is 0 Å². The van der Waals surface area contributed by atoms with Crippen LogP contribution in [0.2, 0.25) is 0 Å². The van der Waals surface area contributed by atoms with Crippen LogP contribution in [0.1, 0.15) is 33.3 Å². The highest BCUT2D eigenvalue weighted by atomic mass is 32.2. The molecule has 1 unspecified atom stereocenters. The van der Waals surface area contributed by atoms with Gasteiger partial charge in [0.1, 0.15) is 24.3 Å². The highest BCUT2D eigenvalue weighted by Gasteiger charge is 2.55. The molecule has 12 nitrogen and oxygen atoms in total. The van der Waals surface area contributed by atoms with Gasteiger partial charge in [0, 0.05) is 17.9 Å². The summed E-state index contributed by atoms with van der Waals surface area (Å²) >= 11 is 1.40. The van der Waals surface area contributed by atoms with Crippen molar-refractivity contribution in [3.05, 3.63) is 51.7 Å². The zero-order valence-corrected chi connectivity index (χ0v) is 20.9. The van der Waals surface area contributed by atoms with Gasteiger partial charge in [-0.15, -0.1) is 11.8 Å². The Hall–Kier alpha value is -3.61. The number of fused-ring (bicyclic) bond motifs is 1. The highest BCUT2D eigenvalue weighted by Crippen LogP contribution is 2.44. The Bertz CT molecular complexity index is 1080. The molecule has 13 heteroatoms. The Morgan fingerprint density at radius 3 is 2.44 bits per heavy atom. The van der Waals surface area contributed by atoms with E-state index in [1.165, 1.54) is 40.9 Å². The molecular weight excluding hydrogens is 496 g/mol. The summed E-state index contributed by atoms with van der Waals surface area (Å²) in [6.07, 6.45) is -0.282. The van der Waals surface area contributed by atoms with Crippen molar-refractivity contribution >= 4 is 41.5 Å². The summed E-state index contributed by atoms with van der Waals surface area (Å²) in [5.74, 6) is -2.03. The Morgan fingerprint density at radius 1 is 1.17 bits per heavy atom. The van der Waals surface area contributed by atoms with Gasteiger partial charge in [-0.1, -0.05) is 0 Å². The molecule has 0 radical (unpaired) electrons. The maximum atomic E-state index is 12.8. The molecule has 3 atom stereocenters. The number of benzene rings is 1. The number of thioether (sulfide) groups is 1. The van der Waals surface area contributed by atoms with E-state index >= 15 is 0 Å². The van der Waals surface area contributed by atoms with E-state index in [1.54, 1.807) is 33.8 Å². The van der Waals surface area contributed by atoms with E-state index in [0.717, 1.165) is 0 Å². The molecule has 1 aromatic rings. The number of hydrogen-bond donors (Lipinski definition) is 0. The summed E-state index contributed by atoms with van der Waals surface area (Å²) in [7, 11) is 0. The Kier molecular flexibility index (Phi) is 8.23. The summed E-state index contributed by atoms with van der Waals surface area (Å²) in [4.78, 5) is 60.6. The molecule has 0 N–H and O–H groups in total. The molecule has 0 aromatic heterocycles. The van der Waals surface area contributed by atoms with E-state index in [-0.39, 0.29) is 18.0 Å². The third-order valence-corrected chi connectivity index (χ3v) is 6.59. The largest absolute Gasteiger partial charge is 0.508 e. The zero-order chi connectivity index (χ0) is 26.6. The maximum absolute atomic E-state index is 12.8. The normalized spacial score (nSPS) is 19.7. The molecular formula is C23H26N2O10S. The van der Waals surface area contributed by atoms with Crippen molar-refractivity contribution < 1.29 is 43.0 Å². The first kappa shape index (κ1) is 27.0. The van der Waals surface area contributed by atoms with Crippen LogP contribution in [0.25, 0.3) is 0 Å². The molecule has 1 aromatic carbocycles. The summed E-state index contributed by atoms with van der Waals surface area (Å²) in [5, 5.41) is 10.3. The molecule has 3 rings (SSSR count). The molecule has 2 heterocycles. The van der Waals surface area contributed by atoms with Crippen molar-refractivity contribution in [1.82, 2.24) is 4.90 Å². The Labute approximate surface area is 211 Å². The van der Waals surface area contributed by atoms with Crippen LogP contribution >= 0.6 is 11.8 Å². The van der Waals surface area contributed by atoms with Gasteiger partial charge in [-0.2, -0.15) is 0 Å². The summed E-state index contributed by atoms with van der Waals surface area (Å²) < 4.78 is 20.2. The maximum Gasteiger partial charge on any atom is 0.508 e. The van der Waals surface area contributed by atoms with Crippen LogP contribution in [0, 0.1) is 21.4 Å². The average molecular weight is 523 g/mol. The lowest BCUT2D eigenvalue weighted by Gasteiger charge is -2.49. The van der Waals surface area contributed by atoms with Gasteiger partial charge in [-0.05, 0) is 51.5 Å². The molecule has 0 saturated carbocycles. The van der Waals surface area contributed by atoms with E-state index in [9.17, 15) is 29.3 Å². The van der Waals surface area contributed by atoms with Crippen LogP contribution in [0.5, 0.6) is 0 Å². The number of β-lactam (4-membered cyclic amide) rings is 1. The summed E-state index contributed by atoms with van der Waals surface area (Å²) in [5.41, 5.74) is -0.269. The van der Waals surface area contributed by atoms with Crippen molar-refractivity contribution in [2.75, 3.05) is 12.5 Å². The number of amides is 1. The predicted octanol–water partition coefficient (Wildman–Crippen LogP) is 3.14. The zero-order valence-electron chi connectivity index (χ0n) is 20.1. The molecule has 1 fully saturated rings. The lowest BCUT2D eigenvalue weighted by Crippen LogP contribution is -2.64. The van der Waals surface area contributed by atoms with Gasteiger partial charge in [0.05, 0.1) is 15.7 Å². The first-order valence-electron chi connectivity index (χ1n) is 11.0. The van der Waals surface area contributed by atoms with Crippen molar-refractivity contribution in [2.45, 2.75) is 45.8 Å². The number of carbonyl (C=O) groups is 4. The minimum atomic E-state index is -0.997. The lowest BCUT2D eigenvalue weighted by atomic mass is 9.91. The molecule has 0 bridgehead atoms. The number of carbonyl (C=O) groups excluding carboxylic acids is 4. The van der Waals surface area contributed by atoms with E-state index in [2.05, 4.69) is 0 Å². The number of non-ortho nitro benzene ring substituents is 1. The molecule has 1 amide bonds. The van der Waals surface area contributed by atoms with E-state index in [1.807, 2.05) is 0 Å². The molecule has 36 heavy (non-hydrogen) atoms. The highest BCUT2D eigenvalue weighted by molar-refractivity contribution is 8.00. The van der Waals surface area contributed by atoms with Crippen LogP contribution in [0.4, 0.5) is 10.5 Å². The van der Waals surface area contributed by atoms with Crippen LogP contribution in [0.3, 0.4) is 0 Å². The molecule has 0 aliphatic carbocycles. The van der Waals surface area contributed by atoms with Crippen LogP contribution in [-0.4, -0.2) is 57.8 Å². The van der Waals surface area contributed by atoms with Gasteiger partial charge in [0.15, 0.2) is 0 Å². The number of hydrogen-bond acceptors (Lipinski definition) is 11. The van der Waals surface area contributed by atoms with Gasteiger partial charge in [0.25, 0.3) is 5.69 Å². The fraction of sp³-hybridized carbons (Fsp3) is 0.478. The van der Waals surface area contributed by atoms with E-state index in [4.69, 9.17) is 18.9 Å². The van der Waals surface area contributed by atoms with Gasteiger partial charge in [-0.25, -0.2) is 9.59 Å². The summed E-state index contributed by atoms with van der Waals surface area (Å²) in [6, 6.07) is 5.49. The van der Waals surface area contributed by atoms with Crippen LogP contribution in [0.15, 0.2) is 36.0 Å². The standard InChI is InChI=1S/C23H26N2O10S/c1-13(35-22(29)32-11-14-5-7-15(8-6-14)25(30)31)17-18(26)24-16(9-10-36-19(17)24)20(27)33-12-34-21(28)23(2,3)4/h5-9,13,17,19H,10-12H2,1-4H3/t13?,17-,19-/m0/s1. The van der Waals surface area contributed by atoms with E-state index in [0.29, 0.717) is 11.3 Å². The molecule has 1 saturated heterocycles. The van der Waals surface area contributed by atoms with Crippen molar-refractivity contribution in [1.29, 1.82) is 0 Å². The number of esters is 2. The molecule has 0 spiro atoms. The third kappa shape index (κ3) is 6.14. The minimum absolute atomic E-state index is 0.0414. The minimum Gasteiger partial charge on any atom is -0.430 e. The van der Waals surface area contributed by atoms with Crippen molar-refractivity contribution in [2.24, 2.45) is 11.3 Å². The SMILES string of the molecule is CC(OC(=O)OCc1ccc([N+](=O)[O-])cc1)[C@H]1C(=O)N2C(C(=O)OCOC(=O)C(C)(C)C)=CCS[C@@H]12. The van der Waals surface area contributed by atoms with Gasteiger partial charge in [-0.3, -0.25) is 24.6 Å². The number of rotatable bonds is 8. The van der Waals surface area contributed by atoms with Gasteiger partial charge < -0.3 is 18.9 Å². The second-order valence-electron chi connectivity index (χ2n) is 9.06. The van der Waals surface area contributed by atoms with Crippen molar-refractivity contribution in [3.8, 4) is 0 Å². The second-order valence-corrected chi connectivity index (χ2v) is 10.2. The van der Waals surface area contributed by atoms with E-state index < -0.39 is 58.5 Å². The number of nitro benzene ring substituents is 1. The van der Waals surface area contributed by atoms with Crippen LogP contribution < -0.4 is 0 Å². The fourth-order valence-electron chi connectivity index (χ4n) is 3.40. The smallest absolute Gasteiger partial charge is 0.430 e. The van der Waals surface area contributed by atoms with Crippen LogP contribution in [-0.2, 0) is 39.9 Å². The lowest BCUT2D eigenvalue weighted by molar-refractivity contribution is -0.384. The molecule has 194 valence electrons. The molecule has 2 aliphatic rings. The van der Waals surface area contributed by atoms with Gasteiger partial charge >= 0.3 is 18.1 Å².